The van der Waals surface area contributed by atoms with E-state index in [9.17, 15) is 8.42 Å². The first kappa shape index (κ1) is 15.4. The van der Waals surface area contributed by atoms with E-state index < -0.39 is 10.0 Å². The van der Waals surface area contributed by atoms with Gasteiger partial charge < -0.3 is 0 Å². The van der Waals surface area contributed by atoms with Gasteiger partial charge in [-0.3, -0.25) is 0 Å². The highest BCUT2D eigenvalue weighted by molar-refractivity contribution is 9.09. The number of hydrogen-bond donors (Lipinski definition) is 1. The molecule has 0 bridgehead atoms. The maximum atomic E-state index is 11.9. The van der Waals surface area contributed by atoms with Gasteiger partial charge >= 0.3 is 0 Å². The summed E-state index contributed by atoms with van der Waals surface area (Å²) in [5, 5.41) is 0.835. The number of sulfonamides is 1. The first-order chi connectivity index (χ1) is 8.56. The van der Waals surface area contributed by atoms with Crippen LogP contribution in [0.5, 0.6) is 0 Å². The summed E-state index contributed by atoms with van der Waals surface area (Å²) >= 11 is 3.29. The van der Waals surface area contributed by atoms with Crippen molar-refractivity contribution < 1.29 is 8.42 Å². The molecule has 3 nitrogen and oxygen atoms in total. The Balaban J connectivity index is 2.45. The third-order valence-electron chi connectivity index (χ3n) is 2.43. The van der Waals surface area contributed by atoms with Crippen molar-refractivity contribution in [1.29, 1.82) is 0 Å². The molecule has 5 heteroatoms. The number of aryl methyl sites for hydroxylation is 1. The van der Waals surface area contributed by atoms with E-state index in [1.165, 1.54) is 0 Å². The average molecular weight is 332 g/mol. The predicted molar refractivity (Wildman–Crippen MR) is 78.5 cm³/mol. The van der Waals surface area contributed by atoms with Gasteiger partial charge in [0.15, 0.2) is 0 Å². The average Bonchev–Trinajstić information content (AvgIpc) is 2.34. The van der Waals surface area contributed by atoms with E-state index in [1.54, 1.807) is 24.3 Å². The lowest BCUT2D eigenvalue weighted by Gasteiger charge is -2.06. The van der Waals surface area contributed by atoms with E-state index in [0.29, 0.717) is 11.4 Å². The van der Waals surface area contributed by atoms with Crippen molar-refractivity contribution in [3.05, 3.63) is 42.0 Å². The second-order valence-corrected chi connectivity index (χ2v) is 6.39. The van der Waals surface area contributed by atoms with Crippen molar-refractivity contribution in [1.82, 2.24) is 4.72 Å². The molecule has 1 aromatic carbocycles. The van der Waals surface area contributed by atoms with Crippen LogP contribution in [0, 0.1) is 6.92 Å². The topological polar surface area (TPSA) is 46.2 Å². The van der Waals surface area contributed by atoms with Crippen molar-refractivity contribution in [2.75, 3.05) is 11.9 Å². The van der Waals surface area contributed by atoms with Crippen LogP contribution in [0.15, 0.2) is 41.3 Å². The molecule has 100 valence electrons. The Labute approximate surface area is 117 Å². The second kappa shape index (κ2) is 7.71. The summed E-state index contributed by atoms with van der Waals surface area (Å²) in [6.07, 6.45) is 5.72. The van der Waals surface area contributed by atoms with Crippen molar-refractivity contribution >= 4 is 26.0 Å². The number of hydrogen-bond acceptors (Lipinski definition) is 2. The van der Waals surface area contributed by atoms with Gasteiger partial charge in [0.05, 0.1) is 4.90 Å². The van der Waals surface area contributed by atoms with Gasteiger partial charge in [0, 0.05) is 11.9 Å². The molecule has 0 saturated heterocycles. The maximum Gasteiger partial charge on any atom is 0.240 e. The molecule has 0 aliphatic heterocycles. The lowest BCUT2D eigenvalue weighted by Crippen LogP contribution is -2.24. The van der Waals surface area contributed by atoms with E-state index in [1.807, 2.05) is 19.1 Å². The van der Waals surface area contributed by atoms with Crippen molar-refractivity contribution in [3.63, 3.8) is 0 Å². The van der Waals surface area contributed by atoms with Gasteiger partial charge in [-0.05, 0) is 31.9 Å². The summed E-state index contributed by atoms with van der Waals surface area (Å²) in [4.78, 5) is 0.323. The monoisotopic (exact) mass is 331 g/mol. The Morgan fingerprint density at radius 1 is 1.22 bits per heavy atom. The fraction of sp³-hybridized carbons (Fsp3) is 0.385. The van der Waals surface area contributed by atoms with Crippen LogP contribution in [-0.2, 0) is 10.0 Å². The van der Waals surface area contributed by atoms with Crippen LogP contribution in [-0.4, -0.2) is 20.3 Å². The summed E-state index contributed by atoms with van der Waals surface area (Å²) in [5.74, 6) is 0. The van der Waals surface area contributed by atoms with Crippen LogP contribution in [0.25, 0.3) is 0 Å². The molecule has 0 aromatic heterocycles. The zero-order chi connectivity index (χ0) is 13.4. The molecule has 0 unspecified atom stereocenters. The van der Waals surface area contributed by atoms with Crippen LogP contribution in [0.1, 0.15) is 18.4 Å². The Morgan fingerprint density at radius 2 is 1.89 bits per heavy atom. The number of benzene rings is 1. The fourth-order valence-electron chi connectivity index (χ4n) is 1.41. The van der Waals surface area contributed by atoms with E-state index in [-0.39, 0.29) is 0 Å². The number of rotatable bonds is 7. The van der Waals surface area contributed by atoms with Crippen LogP contribution >= 0.6 is 15.9 Å². The summed E-state index contributed by atoms with van der Waals surface area (Å²) in [5.41, 5.74) is 1.05. The summed E-state index contributed by atoms with van der Waals surface area (Å²) in [6, 6.07) is 6.85. The Bertz CT molecular complexity index is 480. The smallest absolute Gasteiger partial charge is 0.211 e. The molecular weight excluding hydrogens is 314 g/mol. The lowest BCUT2D eigenvalue weighted by molar-refractivity contribution is 0.579. The molecule has 0 fully saturated rings. The van der Waals surface area contributed by atoms with Crippen LogP contribution in [0.2, 0.25) is 0 Å². The van der Waals surface area contributed by atoms with Crippen LogP contribution in [0.4, 0.5) is 0 Å². The summed E-state index contributed by atoms with van der Waals surface area (Å²) < 4.78 is 26.4. The zero-order valence-electron chi connectivity index (χ0n) is 10.4. The summed E-state index contributed by atoms with van der Waals surface area (Å²) in [7, 11) is -3.35. The van der Waals surface area contributed by atoms with E-state index >= 15 is 0 Å². The molecule has 1 rings (SSSR count). The van der Waals surface area contributed by atoms with Gasteiger partial charge in [-0.1, -0.05) is 45.8 Å². The third kappa shape index (κ3) is 5.33. The molecule has 0 aliphatic rings. The molecule has 0 saturated carbocycles. The van der Waals surface area contributed by atoms with E-state index in [2.05, 4.69) is 20.7 Å². The van der Waals surface area contributed by atoms with E-state index in [4.69, 9.17) is 0 Å². The first-order valence-electron chi connectivity index (χ1n) is 5.83. The largest absolute Gasteiger partial charge is 0.240 e. The van der Waals surface area contributed by atoms with Crippen LogP contribution < -0.4 is 4.72 Å². The van der Waals surface area contributed by atoms with E-state index in [0.717, 1.165) is 23.7 Å². The minimum atomic E-state index is -3.35. The quantitative estimate of drug-likeness (QED) is 0.474. The highest BCUT2D eigenvalue weighted by Crippen LogP contribution is 2.09. The Kier molecular flexibility index (Phi) is 6.60. The van der Waals surface area contributed by atoms with Gasteiger partial charge in [0.25, 0.3) is 0 Å². The molecule has 0 aliphatic carbocycles. The number of halogens is 1. The number of unbranched alkanes of at least 4 members (excludes halogenated alkanes) is 1. The SMILES string of the molecule is Cc1ccc(S(=O)(=O)NCCC/C=C/CBr)cc1. The summed E-state index contributed by atoms with van der Waals surface area (Å²) in [6.45, 7) is 2.39. The first-order valence-corrected chi connectivity index (χ1v) is 8.44. The fourth-order valence-corrected chi connectivity index (χ4v) is 2.75. The predicted octanol–water partition coefficient (Wildman–Crippen LogP) is 3.00. The Hall–Kier alpha value is -0.650. The van der Waals surface area contributed by atoms with Crippen molar-refractivity contribution in [2.45, 2.75) is 24.7 Å². The molecule has 0 amide bonds. The molecule has 0 heterocycles. The second-order valence-electron chi connectivity index (χ2n) is 3.98. The van der Waals surface area contributed by atoms with Crippen molar-refractivity contribution in [2.24, 2.45) is 0 Å². The van der Waals surface area contributed by atoms with Gasteiger partial charge in [-0.2, -0.15) is 0 Å². The van der Waals surface area contributed by atoms with Gasteiger partial charge in [0.1, 0.15) is 0 Å². The molecule has 18 heavy (non-hydrogen) atoms. The molecule has 0 radical (unpaired) electrons. The third-order valence-corrected chi connectivity index (χ3v) is 4.28. The van der Waals surface area contributed by atoms with Gasteiger partial charge in [-0.15, -0.1) is 0 Å². The standard InChI is InChI=1S/C13H18BrNO2S/c1-12-6-8-13(9-7-12)18(16,17)15-11-5-3-2-4-10-14/h2,4,6-9,15H,3,5,10-11H2,1H3/b4-2+. The van der Waals surface area contributed by atoms with Gasteiger partial charge in [-0.25, -0.2) is 13.1 Å². The van der Waals surface area contributed by atoms with Crippen LogP contribution in [0.3, 0.4) is 0 Å². The molecule has 0 spiro atoms. The number of nitrogens with one attached hydrogen (secondary N) is 1. The zero-order valence-corrected chi connectivity index (χ0v) is 12.8. The highest BCUT2D eigenvalue weighted by Gasteiger charge is 2.11. The molecular formula is C13H18BrNO2S. The van der Waals surface area contributed by atoms with Gasteiger partial charge in [0.2, 0.25) is 10.0 Å². The minimum absolute atomic E-state index is 0.323. The van der Waals surface area contributed by atoms with Crippen molar-refractivity contribution in [3.8, 4) is 0 Å². The number of allylic oxidation sites excluding steroid dienone is 2. The normalized spacial score (nSPS) is 12.1. The molecule has 0 atom stereocenters. The highest BCUT2D eigenvalue weighted by atomic mass is 79.9. The molecule has 1 N–H and O–H groups in total. The minimum Gasteiger partial charge on any atom is -0.211 e. The molecule has 1 aromatic rings. The number of alkyl halides is 1. The lowest BCUT2D eigenvalue weighted by atomic mass is 10.2. The maximum absolute atomic E-state index is 11.9. The Morgan fingerprint density at radius 3 is 2.50 bits per heavy atom.